The molecule has 5 nitrogen and oxygen atoms in total. The van der Waals surface area contributed by atoms with Gasteiger partial charge in [-0.2, -0.15) is 0 Å². The zero-order valence-electron chi connectivity index (χ0n) is 11.1. The highest BCUT2D eigenvalue weighted by Crippen LogP contribution is 2.21. The van der Waals surface area contributed by atoms with Crippen molar-refractivity contribution in [2.24, 2.45) is 5.73 Å². The van der Waals surface area contributed by atoms with Gasteiger partial charge in [-0.1, -0.05) is 6.07 Å². The van der Waals surface area contributed by atoms with Gasteiger partial charge in [0.2, 0.25) is 5.91 Å². The molecule has 0 saturated heterocycles. The smallest absolute Gasteiger partial charge is 0.234 e. The number of primary amides is 1. The van der Waals surface area contributed by atoms with Gasteiger partial charge in [0.1, 0.15) is 11.5 Å². The molecule has 3 N–H and O–H groups in total. The lowest BCUT2D eigenvalue weighted by Crippen LogP contribution is -2.43. The van der Waals surface area contributed by atoms with Crippen molar-refractivity contribution < 1.29 is 14.3 Å². The van der Waals surface area contributed by atoms with Crippen LogP contribution < -0.4 is 20.5 Å². The first-order valence-corrected chi connectivity index (χ1v) is 6.51. The first-order chi connectivity index (χ1) is 9.19. The predicted octanol–water partition coefficient (Wildman–Crippen LogP) is 1.07. The summed E-state index contributed by atoms with van der Waals surface area (Å²) >= 11 is 0. The molecule has 0 aromatic heterocycles. The van der Waals surface area contributed by atoms with E-state index in [1.54, 1.807) is 7.11 Å². The van der Waals surface area contributed by atoms with Crippen LogP contribution >= 0.6 is 0 Å². The van der Waals surface area contributed by atoms with Crippen molar-refractivity contribution in [1.29, 1.82) is 0 Å². The molecule has 1 amide bonds. The molecule has 104 valence electrons. The molecule has 0 radical (unpaired) electrons. The normalized spacial score (nSPS) is 15.8. The van der Waals surface area contributed by atoms with E-state index in [-0.39, 0.29) is 11.9 Å². The molecular formula is C14H20N2O3. The lowest BCUT2D eigenvalue weighted by atomic mass is 10.2. The second kappa shape index (κ2) is 6.43. The van der Waals surface area contributed by atoms with E-state index in [4.69, 9.17) is 15.2 Å². The maximum atomic E-state index is 11.3. The van der Waals surface area contributed by atoms with Gasteiger partial charge in [-0.05, 0) is 25.0 Å². The van der Waals surface area contributed by atoms with Crippen molar-refractivity contribution in [3.8, 4) is 11.5 Å². The zero-order valence-corrected chi connectivity index (χ0v) is 11.1. The van der Waals surface area contributed by atoms with E-state index in [1.807, 2.05) is 24.3 Å². The number of carbonyl (C=O) groups excluding carboxylic acids is 1. The Kier molecular flexibility index (Phi) is 4.63. The van der Waals surface area contributed by atoms with Crippen LogP contribution in [-0.4, -0.2) is 31.7 Å². The topological polar surface area (TPSA) is 73.6 Å². The summed E-state index contributed by atoms with van der Waals surface area (Å²) in [6, 6.07) is 7.53. The number of hydrogen-bond acceptors (Lipinski definition) is 4. The average Bonchev–Trinajstić information content (AvgIpc) is 3.21. The lowest BCUT2D eigenvalue weighted by Gasteiger charge is -2.15. The third kappa shape index (κ3) is 4.44. The van der Waals surface area contributed by atoms with Crippen LogP contribution in [0.5, 0.6) is 11.5 Å². The Morgan fingerprint density at radius 3 is 2.84 bits per heavy atom. The summed E-state index contributed by atoms with van der Waals surface area (Å²) in [4.78, 5) is 11.3. The summed E-state index contributed by atoms with van der Waals surface area (Å²) in [5.41, 5.74) is 5.36. The SMILES string of the molecule is COc1cccc(OCCC(NC2CC2)C(N)=O)c1. The number of rotatable bonds is 8. The minimum atomic E-state index is -0.318. The van der Waals surface area contributed by atoms with Gasteiger partial charge in [0.15, 0.2) is 0 Å². The molecule has 5 heteroatoms. The second-order valence-corrected chi connectivity index (χ2v) is 4.71. The van der Waals surface area contributed by atoms with E-state index in [0.717, 1.165) is 24.3 Å². The van der Waals surface area contributed by atoms with Crippen LogP contribution in [0.1, 0.15) is 19.3 Å². The highest BCUT2D eigenvalue weighted by atomic mass is 16.5. The van der Waals surface area contributed by atoms with Crippen LogP contribution in [0.4, 0.5) is 0 Å². The van der Waals surface area contributed by atoms with Gasteiger partial charge in [0.05, 0.1) is 19.8 Å². The van der Waals surface area contributed by atoms with E-state index in [9.17, 15) is 4.79 Å². The minimum Gasteiger partial charge on any atom is -0.497 e. The van der Waals surface area contributed by atoms with Gasteiger partial charge in [-0.15, -0.1) is 0 Å². The molecular weight excluding hydrogens is 244 g/mol. The highest BCUT2D eigenvalue weighted by molar-refractivity contribution is 5.79. The number of amides is 1. The van der Waals surface area contributed by atoms with E-state index in [2.05, 4.69) is 5.32 Å². The number of benzene rings is 1. The number of carbonyl (C=O) groups is 1. The summed E-state index contributed by atoms with van der Waals surface area (Å²) in [5, 5.41) is 3.22. The van der Waals surface area contributed by atoms with Crippen LogP contribution in [-0.2, 0) is 4.79 Å². The first-order valence-electron chi connectivity index (χ1n) is 6.51. The molecule has 1 saturated carbocycles. The summed E-state index contributed by atoms with van der Waals surface area (Å²) in [6.45, 7) is 0.445. The minimum absolute atomic E-state index is 0.307. The standard InChI is InChI=1S/C14H20N2O3/c1-18-11-3-2-4-12(9-11)19-8-7-13(14(15)17)16-10-5-6-10/h2-4,9-10,13,16H,5-8H2,1H3,(H2,15,17). The number of nitrogens with two attached hydrogens (primary N) is 1. The lowest BCUT2D eigenvalue weighted by molar-refractivity contribution is -0.120. The summed E-state index contributed by atoms with van der Waals surface area (Å²) < 4.78 is 10.7. The highest BCUT2D eigenvalue weighted by Gasteiger charge is 2.26. The Bertz CT molecular complexity index is 432. The Morgan fingerprint density at radius 2 is 2.21 bits per heavy atom. The van der Waals surface area contributed by atoms with Gasteiger partial charge >= 0.3 is 0 Å². The third-order valence-corrected chi connectivity index (χ3v) is 3.07. The van der Waals surface area contributed by atoms with Crippen molar-refractivity contribution in [1.82, 2.24) is 5.32 Å². The quantitative estimate of drug-likeness (QED) is 0.736. The molecule has 0 spiro atoms. The summed E-state index contributed by atoms with van der Waals surface area (Å²) in [6.07, 6.45) is 2.82. The fourth-order valence-electron chi connectivity index (χ4n) is 1.83. The van der Waals surface area contributed by atoms with E-state index in [0.29, 0.717) is 19.1 Å². The molecule has 1 aromatic rings. The zero-order chi connectivity index (χ0) is 13.7. The van der Waals surface area contributed by atoms with E-state index < -0.39 is 0 Å². The molecule has 1 aliphatic rings. The Morgan fingerprint density at radius 1 is 1.47 bits per heavy atom. The average molecular weight is 264 g/mol. The van der Waals surface area contributed by atoms with Crippen LogP contribution in [0, 0.1) is 0 Å². The molecule has 2 rings (SSSR count). The molecule has 1 fully saturated rings. The van der Waals surface area contributed by atoms with Gasteiger partial charge in [0.25, 0.3) is 0 Å². The van der Waals surface area contributed by atoms with Gasteiger partial charge in [-0.25, -0.2) is 0 Å². The van der Waals surface area contributed by atoms with Gasteiger partial charge in [0, 0.05) is 18.5 Å². The van der Waals surface area contributed by atoms with Crippen LogP contribution in [0.3, 0.4) is 0 Å². The van der Waals surface area contributed by atoms with E-state index in [1.165, 1.54) is 0 Å². The Hall–Kier alpha value is -1.75. The fraction of sp³-hybridized carbons (Fsp3) is 0.500. The van der Waals surface area contributed by atoms with Crippen molar-refractivity contribution in [2.45, 2.75) is 31.3 Å². The van der Waals surface area contributed by atoms with Crippen LogP contribution in [0.25, 0.3) is 0 Å². The molecule has 1 atom stereocenters. The van der Waals surface area contributed by atoms with Gasteiger partial charge < -0.3 is 20.5 Å². The molecule has 1 unspecified atom stereocenters. The summed E-state index contributed by atoms with van der Waals surface area (Å²) in [5.74, 6) is 1.16. The summed E-state index contributed by atoms with van der Waals surface area (Å²) in [7, 11) is 1.61. The van der Waals surface area contributed by atoms with Crippen LogP contribution in [0.15, 0.2) is 24.3 Å². The molecule has 0 aliphatic heterocycles. The van der Waals surface area contributed by atoms with Crippen molar-refractivity contribution in [3.05, 3.63) is 24.3 Å². The van der Waals surface area contributed by atoms with Crippen molar-refractivity contribution in [2.75, 3.05) is 13.7 Å². The number of hydrogen-bond donors (Lipinski definition) is 2. The largest absolute Gasteiger partial charge is 0.497 e. The molecule has 0 bridgehead atoms. The maximum Gasteiger partial charge on any atom is 0.234 e. The number of ether oxygens (including phenoxy) is 2. The molecule has 1 aliphatic carbocycles. The number of methoxy groups -OCH3 is 1. The first kappa shape index (κ1) is 13.7. The second-order valence-electron chi connectivity index (χ2n) is 4.71. The van der Waals surface area contributed by atoms with Crippen molar-refractivity contribution >= 4 is 5.91 Å². The molecule has 0 heterocycles. The van der Waals surface area contributed by atoms with Gasteiger partial charge in [-0.3, -0.25) is 4.79 Å². The predicted molar refractivity (Wildman–Crippen MR) is 72.2 cm³/mol. The Labute approximate surface area is 113 Å². The maximum absolute atomic E-state index is 11.3. The fourth-order valence-corrected chi connectivity index (χ4v) is 1.83. The molecule has 1 aromatic carbocycles. The Balaban J connectivity index is 1.78. The van der Waals surface area contributed by atoms with Crippen molar-refractivity contribution in [3.63, 3.8) is 0 Å². The third-order valence-electron chi connectivity index (χ3n) is 3.07. The van der Waals surface area contributed by atoms with Crippen LogP contribution in [0.2, 0.25) is 0 Å². The molecule has 19 heavy (non-hydrogen) atoms. The monoisotopic (exact) mass is 264 g/mol. The number of nitrogens with one attached hydrogen (secondary N) is 1. The van der Waals surface area contributed by atoms with E-state index >= 15 is 0 Å².